The summed E-state index contributed by atoms with van der Waals surface area (Å²) in [6, 6.07) is 0. The minimum absolute atomic E-state index is 0.305. The Morgan fingerprint density at radius 3 is 2.79 bits per heavy atom. The summed E-state index contributed by atoms with van der Waals surface area (Å²) in [5.74, 6) is -0.466. The van der Waals surface area contributed by atoms with Crippen molar-refractivity contribution < 1.29 is 9.53 Å². The highest BCUT2D eigenvalue weighted by molar-refractivity contribution is 5.92. The van der Waals surface area contributed by atoms with E-state index >= 15 is 0 Å². The second-order valence-electron chi connectivity index (χ2n) is 3.75. The van der Waals surface area contributed by atoms with E-state index in [4.69, 9.17) is 10.5 Å². The van der Waals surface area contributed by atoms with Crippen LogP contribution in [0.1, 0.15) is 24.2 Å². The average molecular weight is 197 g/mol. The van der Waals surface area contributed by atoms with E-state index in [9.17, 15) is 4.79 Å². The van der Waals surface area contributed by atoms with Crippen LogP contribution in [-0.4, -0.2) is 28.4 Å². The number of hydrogen-bond donors (Lipinski definition) is 1. The first-order chi connectivity index (χ1) is 6.44. The minimum atomic E-state index is -0.466. The normalized spacial score (nSPS) is 11.6. The predicted molar refractivity (Wildman–Crippen MR) is 51.8 cm³/mol. The number of rotatable bonds is 4. The highest BCUT2D eigenvalue weighted by Gasteiger charge is 2.18. The van der Waals surface area contributed by atoms with Gasteiger partial charge in [0.25, 0.3) is 5.91 Å². The van der Waals surface area contributed by atoms with E-state index in [1.54, 1.807) is 18.0 Å². The van der Waals surface area contributed by atoms with Gasteiger partial charge in [-0.25, -0.2) is 0 Å². The van der Waals surface area contributed by atoms with Gasteiger partial charge in [0, 0.05) is 13.3 Å². The van der Waals surface area contributed by atoms with Gasteiger partial charge in [0.05, 0.1) is 23.9 Å². The molecule has 0 bridgehead atoms. The van der Waals surface area contributed by atoms with Gasteiger partial charge in [-0.05, 0) is 13.8 Å². The number of primary amides is 1. The summed E-state index contributed by atoms with van der Waals surface area (Å²) in [5, 5.41) is 4.01. The van der Waals surface area contributed by atoms with E-state index in [2.05, 4.69) is 5.10 Å². The lowest BCUT2D eigenvalue weighted by Gasteiger charge is -2.22. The number of carbonyl (C=O) groups is 1. The quantitative estimate of drug-likeness (QED) is 0.759. The third kappa shape index (κ3) is 2.56. The van der Waals surface area contributed by atoms with Crippen LogP contribution in [0.25, 0.3) is 0 Å². The van der Waals surface area contributed by atoms with Crippen LogP contribution in [0.4, 0.5) is 0 Å². The van der Waals surface area contributed by atoms with Gasteiger partial charge < -0.3 is 10.5 Å². The number of methoxy groups -OCH3 is 1. The zero-order valence-corrected chi connectivity index (χ0v) is 8.65. The molecule has 1 aromatic heterocycles. The van der Waals surface area contributed by atoms with Gasteiger partial charge in [-0.15, -0.1) is 0 Å². The van der Waals surface area contributed by atoms with Gasteiger partial charge in [0.2, 0.25) is 0 Å². The monoisotopic (exact) mass is 197 g/mol. The van der Waals surface area contributed by atoms with Crippen molar-refractivity contribution in [1.29, 1.82) is 0 Å². The Bertz CT molecular complexity index is 331. The van der Waals surface area contributed by atoms with Gasteiger partial charge in [-0.3, -0.25) is 9.48 Å². The van der Waals surface area contributed by atoms with E-state index in [-0.39, 0.29) is 5.60 Å². The third-order valence-electron chi connectivity index (χ3n) is 2.01. The van der Waals surface area contributed by atoms with Crippen molar-refractivity contribution in [1.82, 2.24) is 9.78 Å². The highest BCUT2D eigenvalue weighted by Crippen LogP contribution is 2.10. The molecule has 0 aromatic carbocycles. The standard InChI is InChI=1S/C9H15N3O2/c1-9(2,14-3)6-12-5-7(4-11-12)8(10)13/h4-5H,6H2,1-3H3,(H2,10,13). The maximum absolute atomic E-state index is 10.8. The molecule has 1 heterocycles. The van der Waals surface area contributed by atoms with Crippen LogP contribution < -0.4 is 5.73 Å². The zero-order valence-electron chi connectivity index (χ0n) is 8.65. The van der Waals surface area contributed by atoms with Crippen molar-refractivity contribution in [2.45, 2.75) is 26.0 Å². The lowest BCUT2D eigenvalue weighted by molar-refractivity contribution is 0.00539. The number of ether oxygens (including phenoxy) is 1. The second kappa shape index (κ2) is 3.79. The Morgan fingerprint density at radius 1 is 1.71 bits per heavy atom. The van der Waals surface area contributed by atoms with Gasteiger partial charge in [-0.1, -0.05) is 0 Å². The lowest BCUT2D eigenvalue weighted by Crippen LogP contribution is -2.29. The summed E-state index contributed by atoms with van der Waals surface area (Å²) < 4.78 is 6.88. The van der Waals surface area contributed by atoms with Crippen LogP contribution in [0.3, 0.4) is 0 Å². The van der Waals surface area contributed by atoms with Crippen LogP contribution in [0, 0.1) is 0 Å². The molecule has 5 nitrogen and oxygen atoms in total. The van der Waals surface area contributed by atoms with Crippen LogP contribution in [0.15, 0.2) is 12.4 Å². The van der Waals surface area contributed by atoms with Crippen molar-refractivity contribution in [3.05, 3.63) is 18.0 Å². The van der Waals surface area contributed by atoms with Gasteiger partial charge in [-0.2, -0.15) is 5.10 Å². The molecule has 0 aliphatic rings. The Kier molecular flexibility index (Phi) is 2.90. The molecule has 0 spiro atoms. The number of nitrogens with two attached hydrogens (primary N) is 1. The fourth-order valence-corrected chi connectivity index (χ4v) is 1.03. The smallest absolute Gasteiger partial charge is 0.251 e. The molecule has 14 heavy (non-hydrogen) atoms. The molecule has 5 heteroatoms. The highest BCUT2D eigenvalue weighted by atomic mass is 16.5. The van der Waals surface area contributed by atoms with Crippen LogP contribution >= 0.6 is 0 Å². The lowest BCUT2D eigenvalue weighted by atomic mass is 10.1. The van der Waals surface area contributed by atoms with E-state index < -0.39 is 5.91 Å². The molecule has 0 atom stereocenters. The second-order valence-corrected chi connectivity index (χ2v) is 3.75. The van der Waals surface area contributed by atoms with Crippen molar-refractivity contribution in [3.63, 3.8) is 0 Å². The largest absolute Gasteiger partial charge is 0.377 e. The van der Waals surface area contributed by atoms with Crippen molar-refractivity contribution in [3.8, 4) is 0 Å². The average Bonchev–Trinajstić information content (AvgIpc) is 2.52. The third-order valence-corrected chi connectivity index (χ3v) is 2.01. The van der Waals surface area contributed by atoms with E-state index in [1.165, 1.54) is 6.20 Å². The number of aromatic nitrogens is 2. The molecule has 0 saturated carbocycles. The SMILES string of the molecule is COC(C)(C)Cn1cc(C(N)=O)cn1. The van der Waals surface area contributed by atoms with Gasteiger partial charge >= 0.3 is 0 Å². The summed E-state index contributed by atoms with van der Waals surface area (Å²) in [5.41, 5.74) is 5.21. The summed E-state index contributed by atoms with van der Waals surface area (Å²) in [4.78, 5) is 10.8. The molecule has 1 aromatic rings. The Labute approximate surface area is 82.8 Å². The van der Waals surface area contributed by atoms with Crippen molar-refractivity contribution in [2.24, 2.45) is 5.73 Å². The molecule has 0 radical (unpaired) electrons. The predicted octanol–water partition coefficient (Wildman–Crippen LogP) is 0.407. The van der Waals surface area contributed by atoms with Crippen LogP contribution in [0.2, 0.25) is 0 Å². The molecular weight excluding hydrogens is 182 g/mol. The first kappa shape index (κ1) is 10.7. The number of hydrogen-bond acceptors (Lipinski definition) is 3. The first-order valence-corrected chi connectivity index (χ1v) is 4.32. The van der Waals surface area contributed by atoms with E-state index in [0.717, 1.165) is 0 Å². The molecule has 0 aliphatic carbocycles. The summed E-state index contributed by atoms with van der Waals surface area (Å²) >= 11 is 0. The molecule has 0 aliphatic heterocycles. The van der Waals surface area contributed by atoms with E-state index in [0.29, 0.717) is 12.1 Å². The molecular formula is C9H15N3O2. The number of nitrogens with zero attached hydrogens (tertiary/aromatic N) is 2. The fraction of sp³-hybridized carbons (Fsp3) is 0.556. The van der Waals surface area contributed by atoms with Crippen LogP contribution in [-0.2, 0) is 11.3 Å². The number of carbonyl (C=O) groups excluding carboxylic acids is 1. The molecule has 1 rings (SSSR count). The summed E-state index contributed by atoms with van der Waals surface area (Å²) in [7, 11) is 1.64. The van der Waals surface area contributed by atoms with Crippen molar-refractivity contribution in [2.75, 3.05) is 7.11 Å². The molecule has 0 unspecified atom stereocenters. The molecule has 0 saturated heterocycles. The zero-order chi connectivity index (χ0) is 10.8. The summed E-state index contributed by atoms with van der Waals surface area (Å²) in [6.45, 7) is 4.47. The first-order valence-electron chi connectivity index (χ1n) is 4.32. The Hall–Kier alpha value is -1.36. The van der Waals surface area contributed by atoms with Crippen molar-refractivity contribution >= 4 is 5.91 Å². The van der Waals surface area contributed by atoms with E-state index in [1.807, 2.05) is 13.8 Å². The topological polar surface area (TPSA) is 70.1 Å². The van der Waals surface area contributed by atoms with Gasteiger partial charge in [0.15, 0.2) is 0 Å². The maximum atomic E-state index is 10.8. The van der Waals surface area contributed by atoms with Crippen LogP contribution in [0.5, 0.6) is 0 Å². The molecule has 1 amide bonds. The molecule has 0 fully saturated rings. The summed E-state index contributed by atoms with van der Waals surface area (Å²) in [6.07, 6.45) is 3.07. The fourth-order valence-electron chi connectivity index (χ4n) is 1.03. The molecule has 2 N–H and O–H groups in total. The van der Waals surface area contributed by atoms with Gasteiger partial charge in [0.1, 0.15) is 0 Å². The maximum Gasteiger partial charge on any atom is 0.251 e. The number of amides is 1. The molecule has 78 valence electrons. The Morgan fingerprint density at radius 2 is 2.36 bits per heavy atom. The minimum Gasteiger partial charge on any atom is -0.377 e. The Balaban J connectivity index is 2.73.